The fraction of sp³-hybridized carbons (Fsp3) is 0.500. The summed E-state index contributed by atoms with van der Waals surface area (Å²) in [6.45, 7) is 7.04. The lowest BCUT2D eigenvalue weighted by molar-refractivity contribution is -0.116. The number of hydrogen-bond acceptors (Lipinski definition) is 2. The molecular formula is C16H22ClN3OS. The molecule has 0 aromatic heterocycles. The highest BCUT2D eigenvalue weighted by Crippen LogP contribution is 2.22. The van der Waals surface area contributed by atoms with Gasteiger partial charge >= 0.3 is 0 Å². The molecule has 0 unspecified atom stereocenters. The van der Waals surface area contributed by atoms with Crippen molar-refractivity contribution in [2.45, 2.75) is 45.2 Å². The van der Waals surface area contributed by atoms with Gasteiger partial charge in [-0.3, -0.25) is 4.79 Å². The molecule has 0 saturated carbocycles. The van der Waals surface area contributed by atoms with Crippen LogP contribution in [-0.2, 0) is 4.79 Å². The zero-order valence-corrected chi connectivity index (χ0v) is 14.7. The molecule has 1 amide bonds. The molecule has 1 saturated heterocycles. The Morgan fingerprint density at radius 2 is 2.09 bits per heavy atom. The quantitative estimate of drug-likeness (QED) is 0.825. The first-order chi connectivity index (χ1) is 10.3. The molecule has 1 aromatic rings. The van der Waals surface area contributed by atoms with Crippen molar-refractivity contribution >= 4 is 40.5 Å². The third-order valence-electron chi connectivity index (χ3n) is 3.75. The number of halogens is 1. The minimum atomic E-state index is -0.0258. The zero-order valence-electron chi connectivity index (χ0n) is 13.1. The Hall–Kier alpha value is -1.33. The van der Waals surface area contributed by atoms with E-state index >= 15 is 0 Å². The van der Waals surface area contributed by atoms with Crippen LogP contribution in [0.5, 0.6) is 0 Å². The first-order valence-corrected chi connectivity index (χ1v) is 8.20. The van der Waals surface area contributed by atoms with Crippen molar-refractivity contribution in [2.75, 3.05) is 11.9 Å². The molecule has 22 heavy (non-hydrogen) atoms. The van der Waals surface area contributed by atoms with Crippen LogP contribution in [-0.4, -0.2) is 34.0 Å². The van der Waals surface area contributed by atoms with Crippen molar-refractivity contribution in [3.05, 3.63) is 29.3 Å². The highest BCUT2D eigenvalue weighted by Gasteiger charge is 2.32. The molecule has 6 heteroatoms. The van der Waals surface area contributed by atoms with Gasteiger partial charge < -0.3 is 15.5 Å². The average Bonchev–Trinajstić information content (AvgIpc) is 2.39. The average molecular weight is 340 g/mol. The van der Waals surface area contributed by atoms with E-state index in [1.807, 2.05) is 0 Å². The third-order valence-corrected chi connectivity index (χ3v) is 4.34. The van der Waals surface area contributed by atoms with Crippen molar-refractivity contribution in [2.24, 2.45) is 0 Å². The monoisotopic (exact) mass is 339 g/mol. The van der Waals surface area contributed by atoms with Gasteiger partial charge in [-0.15, -0.1) is 0 Å². The van der Waals surface area contributed by atoms with Crippen LogP contribution in [0.3, 0.4) is 0 Å². The number of thiocarbonyl (C=S) groups is 1. The lowest BCUT2D eigenvalue weighted by Gasteiger charge is -2.44. The Morgan fingerprint density at radius 3 is 2.68 bits per heavy atom. The van der Waals surface area contributed by atoms with E-state index in [-0.39, 0.29) is 11.4 Å². The smallest absolute Gasteiger partial charge is 0.226 e. The van der Waals surface area contributed by atoms with Gasteiger partial charge in [0, 0.05) is 35.3 Å². The number of rotatable bonds is 4. The molecule has 1 heterocycles. The molecule has 0 aliphatic carbocycles. The van der Waals surface area contributed by atoms with E-state index in [4.69, 9.17) is 23.8 Å². The van der Waals surface area contributed by atoms with Crippen molar-refractivity contribution in [1.29, 1.82) is 0 Å². The fourth-order valence-corrected chi connectivity index (χ4v) is 3.44. The summed E-state index contributed by atoms with van der Waals surface area (Å²) in [4.78, 5) is 14.1. The Morgan fingerprint density at radius 1 is 1.45 bits per heavy atom. The highest BCUT2D eigenvalue weighted by molar-refractivity contribution is 7.80. The number of nitrogens with zero attached hydrogens (tertiary/aromatic N) is 1. The van der Waals surface area contributed by atoms with Crippen LogP contribution in [0, 0.1) is 0 Å². The minimum Gasteiger partial charge on any atom is -0.358 e. The maximum Gasteiger partial charge on any atom is 0.226 e. The molecule has 1 aromatic carbocycles. The molecule has 120 valence electrons. The van der Waals surface area contributed by atoms with E-state index in [1.54, 1.807) is 24.3 Å². The summed E-state index contributed by atoms with van der Waals surface area (Å²) >= 11 is 11.2. The van der Waals surface area contributed by atoms with E-state index in [1.165, 1.54) is 0 Å². The van der Waals surface area contributed by atoms with E-state index in [0.29, 0.717) is 24.0 Å². The van der Waals surface area contributed by atoms with Crippen LogP contribution in [0.15, 0.2) is 24.3 Å². The lowest BCUT2D eigenvalue weighted by Crippen LogP contribution is -2.60. The first kappa shape index (κ1) is 17.0. The van der Waals surface area contributed by atoms with Crippen molar-refractivity contribution < 1.29 is 4.79 Å². The summed E-state index contributed by atoms with van der Waals surface area (Å²) in [6, 6.07) is 7.42. The summed E-state index contributed by atoms with van der Waals surface area (Å²) in [7, 11) is 0. The van der Waals surface area contributed by atoms with Crippen LogP contribution in [0.2, 0.25) is 5.02 Å². The Labute approximate surface area is 142 Å². The molecule has 0 radical (unpaired) electrons. The van der Waals surface area contributed by atoms with E-state index in [2.05, 4.69) is 36.3 Å². The normalized spacial score (nSPS) is 20.5. The predicted octanol–water partition coefficient (Wildman–Crippen LogP) is 3.42. The van der Waals surface area contributed by atoms with E-state index < -0.39 is 0 Å². The summed E-state index contributed by atoms with van der Waals surface area (Å²) in [6.07, 6.45) is 1.39. The van der Waals surface area contributed by atoms with Crippen molar-refractivity contribution in [3.8, 4) is 0 Å². The van der Waals surface area contributed by atoms with Crippen LogP contribution in [0.1, 0.15) is 33.6 Å². The highest BCUT2D eigenvalue weighted by atomic mass is 35.5. The molecule has 2 rings (SSSR count). The summed E-state index contributed by atoms with van der Waals surface area (Å²) < 4.78 is 0. The molecule has 4 nitrogen and oxygen atoms in total. The Kier molecular flexibility index (Phi) is 5.29. The van der Waals surface area contributed by atoms with E-state index in [9.17, 15) is 4.79 Å². The topological polar surface area (TPSA) is 44.4 Å². The molecule has 2 N–H and O–H groups in total. The summed E-state index contributed by atoms with van der Waals surface area (Å²) in [5.41, 5.74) is 0.765. The summed E-state index contributed by atoms with van der Waals surface area (Å²) in [5, 5.41) is 7.57. The van der Waals surface area contributed by atoms with Gasteiger partial charge in [-0.25, -0.2) is 0 Å². The van der Waals surface area contributed by atoms with Crippen molar-refractivity contribution in [3.63, 3.8) is 0 Å². The second-order valence-electron chi connectivity index (χ2n) is 6.37. The lowest BCUT2D eigenvalue weighted by atomic mass is 9.93. The molecule has 0 spiro atoms. The number of carbonyl (C=O) groups is 1. The Bertz CT molecular complexity index is 559. The number of nitrogens with one attached hydrogen (secondary N) is 2. The molecule has 1 aliphatic rings. The maximum atomic E-state index is 12.0. The van der Waals surface area contributed by atoms with Gasteiger partial charge in [0.1, 0.15) is 0 Å². The van der Waals surface area contributed by atoms with Gasteiger partial charge in [-0.2, -0.15) is 0 Å². The largest absolute Gasteiger partial charge is 0.358 e. The number of amides is 1. The van der Waals surface area contributed by atoms with Gasteiger partial charge in [-0.05, 0) is 63.7 Å². The van der Waals surface area contributed by atoms with Crippen LogP contribution in [0.25, 0.3) is 0 Å². The van der Waals surface area contributed by atoms with Gasteiger partial charge in [0.25, 0.3) is 0 Å². The SMILES string of the molecule is C[C@@H]1CC(C)(C)NC(=S)N1CCC(=O)Nc1ccc(Cl)cc1. The molecule has 1 aliphatic heterocycles. The third kappa shape index (κ3) is 4.58. The van der Waals surface area contributed by atoms with Crippen molar-refractivity contribution in [1.82, 2.24) is 10.2 Å². The number of carbonyl (C=O) groups excluding carboxylic acids is 1. The molecule has 1 atom stereocenters. The van der Waals surface area contributed by atoms with Gasteiger partial charge in [-0.1, -0.05) is 11.6 Å². The first-order valence-electron chi connectivity index (χ1n) is 7.41. The molecular weight excluding hydrogens is 318 g/mol. The Balaban J connectivity index is 1.85. The standard InChI is InChI=1S/C16H22ClN3OS/c1-11-10-16(2,3)19-15(22)20(11)9-8-14(21)18-13-6-4-12(17)5-7-13/h4-7,11H,8-10H2,1-3H3,(H,18,21)(H,19,22)/t11-/m1/s1. The number of hydrogen-bond donors (Lipinski definition) is 2. The van der Waals surface area contributed by atoms with Crippen LogP contribution < -0.4 is 10.6 Å². The number of benzene rings is 1. The molecule has 0 bridgehead atoms. The van der Waals surface area contributed by atoms with Crippen LogP contribution in [0.4, 0.5) is 5.69 Å². The minimum absolute atomic E-state index is 0.0125. The zero-order chi connectivity index (χ0) is 16.3. The predicted molar refractivity (Wildman–Crippen MR) is 95.3 cm³/mol. The number of anilines is 1. The second kappa shape index (κ2) is 6.84. The summed E-state index contributed by atoms with van der Waals surface area (Å²) in [5.74, 6) is -0.0258. The maximum absolute atomic E-state index is 12.0. The van der Waals surface area contributed by atoms with E-state index in [0.717, 1.165) is 17.2 Å². The van der Waals surface area contributed by atoms with Crippen LogP contribution >= 0.6 is 23.8 Å². The van der Waals surface area contributed by atoms with Gasteiger partial charge in [0.05, 0.1) is 0 Å². The fourth-order valence-electron chi connectivity index (χ4n) is 2.76. The second-order valence-corrected chi connectivity index (χ2v) is 7.19. The van der Waals surface area contributed by atoms with Gasteiger partial charge in [0.15, 0.2) is 5.11 Å². The van der Waals surface area contributed by atoms with Gasteiger partial charge in [0.2, 0.25) is 5.91 Å². The molecule has 1 fully saturated rings.